The lowest BCUT2D eigenvalue weighted by atomic mass is 9.92. The lowest BCUT2D eigenvalue weighted by molar-refractivity contribution is -0.119. The third kappa shape index (κ3) is 4.00. The molecular weight excluding hydrogens is 284 g/mol. The predicted octanol–water partition coefficient (Wildman–Crippen LogP) is 0.983. The van der Waals surface area contributed by atoms with Crippen LogP contribution in [0, 0.1) is 0 Å². The van der Waals surface area contributed by atoms with Gasteiger partial charge >= 0.3 is 0 Å². The van der Waals surface area contributed by atoms with Crippen LogP contribution in [0.3, 0.4) is 0 Å². The van der Waals surface area contributed by atoms with Gasteiger partial charge in [-0.1, -0.05) is 11.6 Å². The Bertz CT molecular complexity index is 500. The minimum absolute atomic E-state index is 0.193. The molecule has 1 unspecified atom stereocenters. The van der Waals surface area contributed by atoms with Gasteiger partial charge in [-0.15, -0.1) is 0 Å². The van der Waals surface area contributed by atoms with E-state index < -0.39 is 17.6 Å². The van der Waals surface area contributed by atoms with Crippen LogP contribution in [0.5, 0.6) is 11.5 Å². The third-order valence-electron chi connectivity index (χ3n) is 2.63. The van der Waals surface area contributed by atoms with E-state index in [4.69, 9.17) is 32.5 Å². The molecule has 6 nitrogen and oxygen atoms in total. The first-order valence-corrected chi connectivity index (χ1v) is 6.30. The molecule has 5 N–H and O–H groups in total. The summed E-state index contributed by atoms with van der Waals surface area (Å²) in [6.07, 6.45) is -0.931. The molecule has 0 radical (unpaired) electrons. The van der Waals surface area contributed by atoms with Gasteiger partial charge in [0.2, 0.25) is 0 Å². The summed E-state index contributed by atoms with van der Waals surface area (Å²) in [5.41, 5.74) is 10.5. The number of carbonyl (C=O) groups is 1. The van der Waals surface area contributed by atoms with E-state index in [2.05, 4.69) is 0 Å². The Morgan fingerprint density at radius 1 is 1.50 bits per heavy atom. The van der Waals surface area contributed by atoms with Crippen LogP contribution in [0.2, 0.25) is 5.02 Å². The van der Waals surface area contributed by atoms with Gasteiger partial charge in [0.15, 0.2) is 18.1 Å². The number of methoxy groups -OCH3 is 1. The number of ether oxygens (including phenoxy) is 2. The lowest BCUT2D eigenvalue weighted by Gasteiger charge is -2.27. The van der Waals surface area contributed by atoms with Crippen LogP contribution in [0.1, 0.15) is 25.5 Å². The first kappa shape index (κ1) is 16.6. The van der Waals surface area contributed by atoms with Gasteiger partial charge in [0, 0.05) is 5.54 Å². The molecule has 0 bridgehead atoms. The molecule has 0 aliphatic carbocycles. The first-order chi connectivity index (χ1) is 9.16. The summed E-state index contributed by atoms with van der Waals surface area (Å²) in [4.78, 5) is 10.7. The molecule has 112 valence electrons. The highest BCUT2D eigenvalue weighted by atomic mass is 35.5. The van der Waals surface area contributed by atoms with Crippen molar-refractivity contribution in [3.05, 3.63) is 22.7 Å². The minimum atomic E-state index is -0.931. The number of nitrogens with two attached hydrogens (primary N) is 2. The molecule has 1 aromatic rings. The second-order valence-electron chi connectivity index (χ2n) is 5.01. The molecule has 20 heavy (non-hydrogen) atoms. The van der Waals surface area contributed by atoms with Gasteiger partial charge in [0.25, 0.3) is 5.91 Å². The summed E-state index contributed by atoms with van der Waals surface area (Å²) in [5, 5.41) is 10.4. The smallest absolute Gasteiger partial charge is 0.255 e. The van der Waals surface area contributed by atoms with Crippen molar-refractivity contribution < 1.29 is 19.4 Å². The molecule has 1 amide bonds. The maximum absolute atomic E-state index is 10.7. The van der Waals surface area contributed by atoms with Gasteiger partial charge in [-0.3, -0.25) is 4.79 Å². The number of benzene rings is 1. The van der Waals surface area contributed by atoms with Crippen LogP contribution in [0.15, 0.2) is 12.1 Å². The Balaban J connectivity index is 3.16. The van der Waals surface area contributed by atoms with Crippen molar-refractivity contribution in [3.63, 3.8) is 0 Å². The number of rotatable bonds is 6. The Morgan fingerprint density at radius 3 is 2.55 bits per heavy atom. The van der Waals surface area contributed by atoms with Crippen LogP contribution < -0.4 is 20.9 Å². The van der Waals surface area contributed by atoms with E-state index in [0.29, 0.717) is 5.56 Å². The number of hydrogen-bond acceptors (Lipinski definition) is 5. The molecule has 0 spiro atoms. The van der Waals surface area contributed by atoms with Gasteiger partial charge in [0.05, 0.1) is 18.2 Å². The molecule has 0 aromatic heterocycles. The number of carbonyl (C=O) groups excluding carboxylic acids is 1. The van der Waals surface area contributed by atoms with E-state index >= 15 is 0 Å². The van der Waals surface area contributed by atoms with Gasteiger partial charge in [-0.25, -0.2) is 0 Å². The van der Waals surface area contributed by atoms with Crippen molar-refractivity contribution in [2.75, 3.05) is 13.7 Å². The standard InChI is InChI=1S/C13H19ClN2O4/c1-13(2,16)12(18)7-4-8(14)11(9(5-7)19-3)20-6-10(15)17/h4-5,12,18H,6,16H2,1-3H3,(H2,15,17). The van der Waals surface area contributed by atoms with Crippen LogP contribution in [0.25, 0.3) is 0 Å². The predicted molar refractivity (Wildman–Crippen MR) is 75.9 cm³/mol. The maximum atomic E-state index is 10.7. The number of hydrogen-bond donors (Lipinski definition) is 3. The van der Waals surface area contributed by atoms with Gasteiger partial charge < -0.3 is 26.0 Å². The number of primary amides is 1. The Morgan fingerprint density at radius 2 is 2.10 bits per heavy atom. The van der Waals surface area contributed by atoms with E-state index in [9.17, 15) is 9.90 Å². The summed E-state index contributed by atoms with van der Waals surface area (Å²) in [6, 6.07) is 3.07. The lowest BCUT2D eigenvalue weighted by Crippen LogP contribution is -2.39. The molecule has 1 rings (SSSR count). The fourth-order valence-electron chi connectivity index (χ4n) is 1.61. The largest absolute Gasteiger partial charge is 0.493 e. The van der Waals surface area contributed by atoms with Crippen LogP contribution in [0.4, 0.5) is 0 Å². The SMILES string of the molecule is COc1cc(C(O)C(C)(C)N)cc(Cl)c1OCC(N)=O. The Hall–Kier alpha value is -1.50. The van der Waals surface area contributed by atoms with Crippen molar-refractivity contribution in [1.29, 1.82) is 0 Å². The van der Waals surface area contributed by atoms with E-state index in [-0.39, 0.29) is 23.1 Å². The average Bonchev–Trinajstić information content (AvgIpc) is 2.34. The summed E-state index contributed by atoms with van der Waals surface area (Å²) < 4.78 is 10.3. The second kappa shape index (κ2) is 6.30. The minimum Gasteiger partial charge on any atom is -0.493 e. The van der Waals surface area contributed by atoms with Crippen LogP contribution >= 0.6 is 11.6 Å². The summed E-state index contributed by atoms with van der Waals surface area (Å²) >= 11 is 6.08. The number of halogens is 1. The van der Waals surface area contributed by atoms with Gasteiger partial charge in [0.1, 0.15) is 0 Å². The molecule has 1 atom stereocenters. The Labute approximate surface area is 122 Å². The summed E-state index contributed by atoms with van der Waals surface area (Å²) in [6.45, 7) is 3.06. The van der Waals surface area contributed by atoms with E-state index in [0.717, 1.165) is 0 Å². The van der Waals surface area contributed by atoms with Crippen LogP contribution in [-0.4, -0.2) is 30.3 Å². The zero-order valence-corrected chi connectivity index (χ0v) is 12.4. The van der Waals surface area contributed by atoms with Crippen molar-refractivity contribution >= 4 is 17.5 Å². The van der Waals surface area contributed by atoms with Crippen LogP contribution in [-0.2, 0) is 4.79 Å². The fraction of sp³-hybridized carbons (Fsp3) is 0.462. The van der Waals surface area contributed by atoms with Crippen molar-refractivity contribution in [3.8, 4) is 11.5 Å². The van der Waals surface area contributed by atoms with E-state index in [1.807, 2.05) is 0 Å². The first-order valence-electron chi connectivity index (χ1n) is 5.92. The number of aliphatic hydroxyl groups is 1. The summed E-state index contributed by atoms with van der Waals surface area (Å²) in [5.74, 6) is -0.147. The van der Waals surface area contributed by atoms with E-state index in [1.54, 1.807) is 19.9 Å². The third-order valence-corrected chi connectivity index (χ3v) is 2.91. The summed E-state index contributed by atoms with van der Waals surface area (Å²) in [7, 11) is 1.42. The molecule has 0 aliphatic heterocycles. The fourth-order valence-corrected chi connectivity index (χ4v) is 1.88. The molecule has 1 aromatic carbocycles. The Kier molecular flexibility index (Phi) is 5.21. The van der Waals surface area contributed by atoms with Crippen molar-refractivity contribution in [2.45, 2.75) is 25.5 Å². The maximum Gasteiger partial charge on any atom is 0.255 e. The monoisotopic (exact) mass is 302 g/mol. The molecule has 0 aliphatic rings. The normalized spacial score (nSPS) is 12.9. The molecule has 7 heteroatoms. The number of amides is 1. The van der Waals surface area contributed by atoms with Gasteiger partial charge in [-0.2, -0.15) is 0 Å². The molecule has 0 saturated carbocycles. The highest BCUT2D eigenvalue weighted by Gasteiger charge is 2.26. The average molecular weight is 303 g/mol. The highest BCUT2D eigenvalue weighted by molar-refractivity contribution is 6.32. The number of aliphatic hydroxyl groups excluding tert-OH is 1. The molecule has 0 saturated heterocycles. The topological polar surface area (TPSA) is 108 Å². The van der Waals surface area contributed by atoms with E-state index in [1.165, 1.54) is 13.2 Å². The molecule has 0 fully saturated rings. The molecule has 0 heterocycles. The highest BCUT2D eigenvalue weighted by Crippen LogP contribution is 2.39. The van der Waals surface area contributed by atoms with Crippen molar-refractivity contribution in [2.24, 2.45) is 11.5 Å². The zero-order chi connectivity index (χ0) is 15.5. The quantitative estimate of drug-likeness (QED) is 0.726. The zero-order valence-electron chi connectivity index (χ0n) is 11.6. The molecular formula is C13H19ClN2O4. The van der Waals surface area contributed by atoms with Crippen molar-refractivity contribution in [1.82, 2.24) is 0 Å². The second-order valence-corrected chi connectivity index (χ2v) is 5.42. The van der Waals surface area contributed by atoms with Gasteiger partial charge in [-0.05, 0) is 31.5 Å².